The number of H-pyrrole nitrogens is 1. The molecule has 20 heavy (non-hydrogen) atoms. The lowest BCUT2D eigenvalue weighted by Crippen LogP contribution is -2.26. The molecule has 2 aromatic rings. The monoisotopic (exact) mass is 289 g/mol. The summed E-state index contributed by atoms with van der Waals surface area (Å²) in [7, 11) is 1.69. The third kappa shape index (κ3) is 2.16. The maximum Gasteiger partial charge on any atom is 0.283 e. The molecule has 3 rings (SSSR count). The maximum absolute atomic E-state index is 10.4. The lowest BCUT2D eigenvalue weighted by Gasteiger charge is -2.06. The molecule has 6 heteroatoms. The molecule has 1 aromatic heterocycles. The Morgan fingerprint density at radius 1 is 1.35 bits per heavy atom. The van der Waals surface area contributed by atoms with Crippen LogP contribution in [0.3, 0.4) is 0 Å². The van der Waals surface area contributed by atoms with Crippen LogP contribution in [0.2, 0.25) is 5.02 Å². The van der Waals surface area contributed by atoms with Gasteiger partial charge in [-0.3, -0.25) is 10.2 Å². The van der Waals surface area contributed by atoms with E-state index in [4.69, 9.17) is 11.6 Å². The molecule has 0 bridgehead atoms. The summed E-state index contributed by atoms with van der Waals surface area (Å²) < 4.78 is 1.17. The molecule has 2 heterocycles. The van der Waals surface area contributed by atoms with Crippen LogP contribution in [-0.4, -0.2) is 40.1 Å². The Morgan fingerprint density at radius 2 is 2.20 bits per heavy atom. The number of hydrogen-bond acceptors (Lipinski definition) is 2. The van der Waals surface area contributed by atoms with Crippen molar-refractivity contribution in [1.82, 2.24) is 4.98 Å². The van der Waals surface area contributed by atoms with Gasteiger partial charge in [-0.15, -0.1) is 0 Å². The predicted octanol–water partition coefficient (Wildman–Crippen LogP) is 2.36. The second kappa shape index (κ2) is 5.02. The zero-order valence-electron chi connectivity index (χ0n) is 10.9. The molecule has 1 aromatic carbocycles. The van der Waals surface area contributed by atoms with E-state index in [1.807, 2.05) is 30.5 Å². The average molecular weight is 290 g/mol. The fourth-order valence-electron chi connectivity index (χ4n) is 2.26. The Bertz CT molecular complexity index is 704. The van der Waals surface area contributed by atoms with E-state index < -0.39 is 0 Å². The Labute approximate surface area is 121 Å². The van der Waals surface area contributed by atoms with Crippen molar-refractivity contribution in [3.8, 4) is 0 Å². The molecule has 0 spiro atoms. The molecule has 0 aliphatic carbocycles. The first-order valence-electron chi connectivity index (χ1n) is 6.19. The highest BCUT2D eigenvalue weighted by Crippen LogP contribution is 2.25. The van der Waals surface area contributed by atoms with E-state index in [-0.39, 0.29) is 6.54 Å². The second-order valence-electron chi connectivity index (χ2n) is 4.48. The SMILES string of the molecule is CN=C1C[N+](O)=C(c2ccc[nH]2)c2cc(Cl)ccc2N1. The quantitative estimate of drug-likeness (QED) is 0.557. The van der Waals surface area contributed by atoms with E-state index in [1.165, 1.54) is 4.74 Å². The van der Waals surface area contributed by atoms with Crippen LogP contribution in [0.1, 0.15) is 11.3 Å². The topological polar surface area (TPSA) is 63.4 Å². The number of fused-ring (bicyclic) bond motifs is 1. The summed E-state index contributed by atoms with van der Waals surface area (Å²) in [5.74, 6) is 0.678. The lowest BCUT2D eigenvalue weighted by molar-refractivity contribution is -0.764. The number of aliphatic imine (C=N–C) groups is 1. The molecule has 5 nitrogen and oxygen atoms in total. The molecule has 0 unspecified atom stereocenters. The molecular weight excluding hydrogens is 276 g/mol. The van der Waals surface area contributed by atoms with Gasteiger partial charge in [0.05, 0.1) is 11.3 Å². The van der Waals surface area contributed by atoms with Crippen molar-refractivity contribution in [3.63, 3.8) is 0 Å². The first-order chi connectivity index (χ1) is 9.69. The summed E-state index contributed by atoms with van der Waals surface area (Å²) in [6, 6.07) is 9.29. The predicted molar refractivity (Wildman–Crippen MR) is 79.4 cm³/mol. The standard InChI is InChI=1S/C14H13ClN4O/c1-16-13-8-19(20)14(12-3-2-6-17-12)10-7-9(15)4-5-11(10)18-13/h2-7,20H,8H2,1H3,(H,16,17,18)/p+1. The largest absolute Gasteiger partial charge is 0.356 e. The number of hydrogen-bond donors (Lipinski definition) is 3. The number of halogens is 1. The third-order valence-electron chi connectivity index (χ3n) is 3.20. The fraction of sp³-hybridized carbons (Fsp3) is 0.143. The van der Waals surface area contributed by atoms with Gasteiger partial charge >= 0.3 is 0 Å². The summed E-state index contributed by atoms with van der Waals surface area (Å²) >= 11 is 6.09. The first-order valence-corrected chi connectivity index (χ1v) is 6.56. The van der Waals surface area contributed by atoms with E-state index in [1.54, 1.807) is 13.1 Å². The van der Waals surface area contributed by atoms with Crippen molar-refractivity contribution in [1.29, 1.82) is 0 Å². The van der Waals surface area contributed by atoms with Crippen LogP contribution < -0.4 is 5.32 Å². The van der Waals surface area contributed by atoms with Crippen molar-refractivity contribution in [2.75, 3.05) is 18.9 Å². The van der Waals surface area contributed by atoms with Gasteiger partial charge in [0.25, 0.3) is 5.71 Å². The number of benzene rings is 1. The van der Waals surface area contributed by atoms with Gasteiger partial charge in [0.15, 0.2) is 5.84 Å². The lowest BCUT2D eigenvalue weighted by atomic mass is 10.1. The Morgan fingerprint density at radius 3 is 2.90 bits per heavy atom. The van der Waals surface area contributed by atoms with Gasteiger partial charge in [0, 0.05) is 18.3 Å². The van der Waals surface area contributed by atoms with Crippen molar-refractivity contribution in [2.24, 2.45) is 4.99 Å². The van der Waals surface area contributed by atoms with Crippen LogP contribution in [0.25, 0.3) is 0 Å². The number of amidine groups is 1. The minimum Gasteiger partial charge on any atom is -0.356 e. The zero-order valence-corrected chi connectivity index (χ0v) is 11.6. The maximum atomic E-state index is 10.4. The second-order valence-corrected chi connectivity index (χ2v) is 4.91. The van der Waals surface area contributed by atoms with Crippen LogP contribution in [0, 0.1) is 0 Å². The fourth-order valence-corrected chi connectivity index (χ4v) is 2.44. The van der Waals surface area contributed by atoms with Crippen molar-refractivity contribution in [3.05, 3.63) is 52.8 Å². The van der Waals surface area contributed by atoms with Gasteiger partial charge in [-0.05, 0) is 35.1 Å². The number of hydroxylamine groups is 1. The normalized spacial score (nSPS) is 16.8. The number of aromatic amines is 1. The Hall–Kier alpha value is -2.27. The highest BCUT2D eigenvalue weighted by Gasteiger charge is 2.29. The number of anilines is 1. The molecule has 0 saturated carbocycles. The zero-order chi connectivity index (χ0) is 14.1. The third-order valence-corrected chi connectivity index (χ3v) is 3.43. The van der Waals surface area contributed by atoms with Crippen LogP contribution in [0.5, 0.6) is 0 Å². The van der Waals surface area contributed by atoms with Crippen molar-refractivity contribution in [2.45, 2.75) is 0 Å². The van der Waals surface area contributed by atoms with E-state index in [2.05, 4.69) is 15.3 Å². The number of aromatic nitrogens is 1. The van der Waals surface area contributed by atoms with E-state index in [9.17, 15) is 5.21 Å². The Kier molecular flexibility index (Phi) is 3.20. The molecule has 102 valence electrons. The van der Waals surface area contributed by atoms with Gasteiger partial charge < -0.3 is 10.3 Å². The number of nitrogens with zero attached hydrogens (tertiary/aromatic N) is 2. The number of rotatable bonds is 1. The van der Waals surface area contributed by atoms with Gasteiger partial charge in [0.1, 0.15) is 5.69 Å². The van der Waals surface area contributed by atoms with Gasteiger partial charge in [-0.25, -0.2) is 0 Å². The van der Waals surface area contributed by atoms with Gasteiger partial charge in [-0.2, -0.15) is 0 Å². The summed E-state index contributed by atoms with van der Waals surface area (Å²) in [5, 5.41) is 14.2. The van der Waals surface area contributed by atoms with Crippen LogP contribution >= 0.6 is 11.6 Å². The summed E-state index contributed by atoms with van der Waals surface area (Å²) in [6.07, 6.45) is 1.81. The molecule has 0 atom stereocenters. The first kappa shape index (κ1) is 12.7. The summed E-state index contributed by atoms with van der Waals surface area (Å²) in [6.45, 7) is 0.275. The van der Waals surface area contributed by atoms with Gasteiger partial charge in [-0.1, -0.05) is 11.6 Å². The molecule has 0 amide bonds. The van der Waals surface area contributed by atoms with Crippen molar-refractivity contribution >= 4 is 28.8 Å². The van der Waals surface area contributed by atoms with Crippen LogP contribution in [0.4, 0.5) is 5.69 Å². The van der Waals surface area contributed by atoms with E-state index >= 15 is 0 Å². The van der Waals surface area contributed by atoms with Crippen LogP contribution in [0.15, 0.2) is 41.5 Å². The Balaban J connectivity index is 2.27. The molecule has 3 N–H and O–H groups in total. The molecule has 0 radical (unpaired) electrons. The molecular formula is C14H14ClN4O+. The van der Waals surface area contributed by atoms with Crippen molar-refractivity contribution < 1.29 is 9.95 Å². The number of nitrogens with one attached hydrogen (secondary N) is 2. The highest BCUT2D eigenvalue weighted by atomic mass is 35.5. The summed E-state index contributed by atoms with van der Waals surface area (Å²) in [5.41, 5.74) is 3.16. The van der Waals surface area contributed by atoms with Gasteiger partial charge in [0.2, 0.25) is 6.54 Å². The number of benzodiazepines with no additional fused rings is 1. The highest BCUT2D eigenvalue weighted by molar-refractivity contribution is 6.31. The van der Waals surface area contributed by atoms with E-state index in [0.717, 1.165) is 16.9 Å². The molecule has 1 aliphatic heterocycles. The average Bonchev–Trinajstić information content (AvgIpc) is 2.90. The molecule has 0 fully saturated rings. The minimum absolute atomic E-state index is 0.275. The van der Waals surface area contributed by atoms with Crippen LogP contribution in [-0.2, 0) is 0 Å². The smallest absolute Gasteiger partial charge is 0.283 e. The molecule has 1 aliphatic rings. The van der Waals surface area contributed by atoms with E-state index in [0.29, 0.717) is 16.6 Å². The molecule has 0 saturated heterocycles. The summed E-state index contributed by atoms with van der Waals surface area (Å²) in [4.78, 5) is 7.25. The minimum atomic E-state index is 0.275.